The number of rotatable bonds is 7. The van der Waals surface area contributed by atoms with Crippen LogP contribution in [0, 0.1) is 5.82 Å². The summed E-state index contributed by atoms with van der Waals surface area (Å²) in [7, 11) is -3.03. The average Bonchev–Trinajstić information content (AvgIpc) is 3.00. The fourth-order valence-corrected chi connectivity index (χ4v) is 3.78. The van der Waals surface area contributed by atoms with Gasteiger partial charge in [0.15, 0.2) is 16.6 Å². The predicted octanol–water partition coefficient (Wildman–Crippen LogP) is 2.56. The average molecular weight is 453 g/mol. The second-order valence-corrected chi connectivity index (χ2v) is 9.12. The Hall–Kier alpha value is -1.50. The molecule has 0 bridgehead atoms. The van der Waals surface area contributed by atoms with Crippen LogP contribution < -0.4 is 5.48 Å². The Morgan fingerprint density at radius 2 is 2.24 bits per heavy atom. The van der Waals surface area contributed by atoms with Gasteiger partial charge in [-0.05, 0) is 50.9 Å². The van der Waals surface area contributed by atoms with Gasteiger partial charge in [-0.25, -0.2) is 22.4 Å². The zero-order valence-electron chi connectivity index (χ0n) is 12.9. The molecule has 0 unspecified atom stereocenters. The second-order valence-electron chi connectivity index (χ2n) is 4.92. The van der Waals surface area contributed by atoms with Crippen LogP contribution in [0.3, 0.4) is 0 Å². The number of benzene rings is 1. The number of hydroxylamine groups is 1. The number of nitrogens with one attached hydrogen (secondary N) is 1. The summed E-state index contributed by atoms with van der Waals surface area (Å²) in [5.41, 5.74) is 2.43. The van der Waals surface area contributed by atoms with Crippen LogP contribution in [-0.2, 0) is 9.84 Å². The topological polar surface area (TPSA) is 118 Å². The van der Waals surface area contributed by atoms with Gasteiger partial charge >= 0.3 is 0 Å². The van der Waals surface area contributed by atoms with Gasteiger partial charge in [0.2, 0.25) is 0 Å². The molecule has 1 heterocycles. The molecule has 12 heteroatoms. The van der Waals surface area contributed by atoms with Gasteiger partial charge in [0.1, 0.15) is 15.7 Å². The first-order valence-electron chi connectivity index (χ1n) is 6.87. The van der Waals surface area contributed by atoms with Crippen molar-refractivity contribution < 1.29 is 22.6 Å². The monoisotopic (exact) mass is 452 g/mol. The minimum atomic E-state index is -3.03. The summed E-state index contributed by atoms with van der Waals surface area (Å²) in [6, 6.07) is 4.07. The van der Waals surface area contributed by atoms with Crippen molar-refractivity contribution in [3.63, 3.8) is 0 Å². The number of halogens is 2. The van der Waals surface area contributed by atoms with E-state index in [1.807, 2.05) is 5.48 Å². The van der Waals surface area contributed by atoms with E-state index in [-0.39, 0.29) is 21.8 Å². The molecule has 0 aliphatic heterocycles. The Labute approximate surface area is 155 Å². The van der Waals surface area contributed by atoms with E-state index in [0.717, 1.165) is 0 Å². The molecule has 25 heavy (non-hydrogen) atoms. The van der Waals surface area contributed by atoms with Crippen molar-refractivity contribution in [3.8, 4) is 0 Å². The number of amidine groups is 1. The van der Waals surface area contributed by atoms with E-state index in [2.05, 4.69) is 35.9 Å². The van der Waals surface area contributed by atoms with Crippen molar-refractivity contribution in [2.75, 3.05) is 17.8 Å². The summed E-state index contributed by atoms with van der Waals surface area (Å²) in [5, 5.41) is 17.1. The molecule has 2 N–H and O–H groups in total. The Morgan fingerprint density at radius 1 is 1.48 bits per heavy atom. The molecule has 1 aromatic carbocycles. The number of aliphatic imine (C=N–C) groups is 1. The summed E-state index contributed by atoms with van der Waals surface area (Å²) in [5.74, 6) is 0.0476. The molecule has 2 aromatic rings. The maximum absolute atomic E-state index is 13.3. The molecule has 1 aromatic heterocycles. The fraction of sp³-hybridized carbons (Fsp3) is 0.308. The maximum atomic E-state index is 13.3. The van der Waals surface area contributed by atoms with E-state index in [1.54, 1.807) is 0 Å². The van der Waals surface area contributed by atoms with Crippen LogP contribution in [0.25, 0.3) is 0 Å². The van der Waals surface area contributed by atoms with Gasteiger partial charge < -0.3 is 0 Å². The first-order chi connectivity index (χ1) is 11.8. The summed E-state index contributed by atoms with van der Waals surface area (Å²) in [6.45, 7) is 0. The molecule has 0 saturated heterocycles. The second kappa shape index (κ2) is 8.74. The van der Waals surface area contributed by atoms with E-state index in [1.165, 1.54) is 36.2 Å². The van der Waals surface area contributed by atoms with Crippen LogP contribution in [0.1, 0.15) is 12.1 Å². The standard InChI is InChI=1S/C13H14BrFN4O4S2/c1-25(21,22)6-2-5-24-13-11(18-23-19-13)12(17-20)16-8-3-4-10(15)9(14)7-8/h3-4,7,20H,2,5-6H2,1H3,(H,16,17). The molecule has 0 amide bonds. The molecule has 0 saturated carbocycles. The highest BCUT2D eigenvalue weighted by Gasteiger charge is 2.17. The third-order valence-corrected chi connectivity index (χ3v) is 5.50. The third-order valence-electron chi connectivity index (χ3n) is 2.83. The van der Waals surface area contributed by atoms with Crippen molar-refractivity contribution in [3.05, 3.63) is 34.2 Å². The van der Waals surface area contributed by atoms with E-state index < -0.39 is 15.7 Å². The van der Waals surface area contributed by atoms with E-state index in [9.17, 15) is 18.0 Å². The van der Waals surface area contributed by atoms with Crippen LogP contribution in [0.5, 0.6) is 0 Å². The summed E-state index contributed by atoms with van der Waals surface area (Å²) >= 11 is 4.27. The van der Waals surface area contributed by atoms with Gasteiger partial charge in [-0.1, -0.05) is 0 Å². The van der Waals surface area contributed by atoms with Gasteiger partial charge in [0.05, 0.1) is 15.9 Å². The number of nitrogens with zero attached hydrogens (tertiary/aromatic N) is 3. The Balaban J connectivity index is 2.14. The zero-order valence-corrected chi connectivity index (χ0v) is 16.2. The van der Waals surface area contributed by atoms with Crippen molar-refractivity contribution in [1.29, 1.82) is 0 Å². The molecule has 0 spiro atoms. The lowest BCUT2D eigenvalue weighted by Crippen LogP contribution is -2.21. The molecular weight excluding hydrogens is 439 g/mol. The Kier molecular flexibility index (Phi) is 6.93. The Morgan fingerprint density at radius 3 is 2.88 bits per heavy atom. The number of aromatic nitrogens is 2. The molecular formula is C13H14BrFN4O4S2. The minimum absolute atomic E-state index is 0.0367. The zero-order chi connectivity index (χ0) is 18.4. The number of hydrogen-bond acceptors (Lipinski definition) is 8. The van der Waals surface area contributed by atoms with Gasteiger partial charge in [-0.15, -0.1) is 11.8 Å². The molecule has 0 fully saturated rings. The highest BCUT2D eigenvalue weighted by molar-refractivity contribution is 9.10. The lowest BCUT2D eigenvalue weighted by atomic mass is 10.3. The smallest absolute Gasteiger partial charge is 0.186 e. The predicted molar refractivity (Wildman–Crippen MR) is 94.6 cm³/mol. The van der Waals surface area contributed by atoms with E-state index >= 15 is 0 Å². The highest BCUT2D eigenvalue weighted by atomic mass is 79.9. The Bertz CT molecular complexity index is 873. The van der Waals surface area contributed by atoms with Crippen molar-refractivity contribution in [2.45, 2.75) is 11.4 Å². The SMILES string of the molecule is CS(=O)(=O)CCCSc1nonc1C(=Nc1ccc(F)c(Br)c1)NO. The maximum Gasteiger partial charge on any atom is 0.186 e. The molecule has 136 valence electrons. The normalized spacial score (nSPS) is 12.4. The van der Waals surface area contributed by atoms with Gasteiger partial charge in [0, 0.05) is 12.0 Å². The lowest BCUT2D eigenvalue weighted by Gasteiger charge is -2.04. The molecule has 0 radical (unpaired) electrons. The largest absolute Gasteiger partial charge is 0.290 e. The molecule has 0 atom stereocenters. The van der Waals surface area contributed by atoms with Gasteiger partial charge in [-0.3, -0.25) is 10.7 Å². The molecule has 8 nitrogen and oxygen atoms in total. The van der Waals surface area contributed by atoms with Gasteiger partial charge in [-0.2, -0.15) is 0 Å². The first-order valence-corrected chi connectivity index (χ1v) is 10.7. The van der Waals surface area contributed by atoms with Crippen LogP contribution in [0.2, 0.25) is 0 Å². The number of hydrogen-bond donors (Lipinski definition) is 2. The first kappa shape index (κ1) is 19.8. The van der Waals surface area contributed by atoms with Crippen LogP contribution in [-0.4, -0.2) is 47.5 Å². The lowest BCUT2D eigenvalue weighted by molar-refractivity contribution is 0.234. The van der Waals surface area contributed by atoms with E-state index in [4.69, 9.17) is 0 Å². The quantitative estimate of drug-likeness (QED) is 0.216. The van der Waals surface area contributed by atoms with Crippen molar-refractivity contribution in [1.82, 2.24) is 15.8 Å². The number of sulfone groups is 1. The highest BCUT2D eigenvalue weighted by Crippen LogP contribution is 2.24. The number of thioether (sulfide) groups is 1. The summed E-state index contributed by atoms with van der Waals surface area (Å²) < 4.78 is 40.4. The van der Waals surface area contributed by atoms with Crippen LogP contribution in [0.15, 0.2) is 37.3 Å². The van der Waals surface area contributed by atoms with Crippen molar-refractivity contribution >= 4 is 49.1 Å². The van der Waals surface area contributed by atoms with Crippen LogP contribution in [0.4, 0.5) is 10.1 Å². The molecule has 2 rings (SSSR count). The third kappa shape index (κ3) is 6.06. The van der Waals surface area contributed by atoms with Gasteiger partial charge in [0.25, 0.3) is 0 Å². The summed E-state index contributed by atoms with van der Waals surface area (Å²) in [4.78, 5) is 4.14. The van der Waals surface area contributed by atoms with Crippen molar-refractivity contribution in [2.24, 2.45) is 4.99 Å². The fourth-order valence-electron chi connectivity index (χ4n) is 1.72. The molecule has 0 aliphatic rings. The summed E-state index contributed by atoms with van der Waals surface area (Å²) in [6.07, 6.45) is 1.60. The molecule has 0 aliphatic carbocycles. The minimum Gasteiger partial charge on any atom is -0.290 e. The van der Waals surface area contributed by atoms with E-state index in [0.29, 0.717) is 22.9 Å². The van der Waals surface area contributed by atoms with Crippen LogP contribution >= 0.6 is 27.7 Å².